The molecule has 1 aliphatic heterocycles. The summed E-state index contributed by atoms with van der Waals surface area (Å²) in [6.45, 7) is 6.10. The molecule has 1 fully saturated rings. The van der Waals surface area contributed by atoms with Crippen molar-refractivity contribution in [2.24, 2.45) is 7.05 Å². The summed E-state index contributed by atoms with van der Waals surface area (Å²) in [6.07, 6.45) is 2.13. The standard InChI is InChI=1S/C20H26ClFN4O/c1-13(2)16-11-17(25(3)24-16)20(27)23-12-18(26-9-4-5-10-26)19-14(21)7-6-8-15(19)22/h6-8,11,13,18H,4-5,9-10,12H2,1-3H3,(H,23,27). The van der Waals surface area contributed by atoms with Gasteiger partial charge in [-0.15, -0.1) is 0 Å². The number of benzene rings is 1. The second-order valence-electron chi connectivity index (χ2n) is 7.34. The molecule has 0 saturated carbocycles. The zero-order valence-corrected chi connectivity index (χ0v) is 16.8. The third-order valence-corrected chi connectivity index (χ3v) is 5.42. The van der Waals surface area contributed by atoms with E-state index in [0.29, 0.717) is 22.8 Å². The van der Waals surface area contributed by atoms with Gasteiger partial charge in [0, 0.05) is 24.2 Å². The molecule has 1 aromatic carbocycles. The van der Waals surface area contributed by atoms with Crippen molar-refractivity contribution < 1.29 is 9.18 Å². The van der Waals surface area contributed by atoms with Crippen LogP contribution in [-0.4, -0.2) is 40.2 Å². The summed E-state index contributed by atoms with van der Waals surface area (Å²) in [4.78, 5) is 14.9. The fraction of sp³-hybridized carbons (Fsp3) is 0.500. The topological polar surface area (TPSA) is 50.2 Å². The number of nitrogens with one attached hydrogen (secondary N) is 1. The number of rotatable bonds is 6. The molecule has 146 valence electrons. The molecule has 27 heavy (non-hydrogen) atoms. The molecule has 2 aromatic rings. The number of nitrogens with zero attached hydrogens (tertiary/aromatic N) is 3. The molecule has 1 amide bonds. The maximum absolute atomic E-state index is 14.5. The van der Waals surface area contributed by atoms with E-state index in [4.69, 9.17) is 11.6 Å². The third-order valence-electron chi connectivity index (χ3n) is 5.09. The van der Waals surface area contributed by atoms with Crippen molar-refractivity contribution in [1.82, 2.24) is 20.0 Å². The lowest BCUT2D eigenvalue weighted by atomic mass is 10.0. The predicted molar refractivity (Wildman–Crippen MR) is 105 cm³/mol. The molecule has 0 aliphatic carbocycles. The third kappa shape index (κ3) is 4.33. The number of hydrogen-bond acceptors (Lipinski definition) is 3. The first-order valence-corrected chi connectivity index (χ1v) is 9.76. The summed E-state index contributed by atoms with van der Waals surface area (Å²) in [5.74, 6) is -0.308. The summed E-state index contributed by atoms with van der Waals surface area (Å²) in [7, 11) is 1.76. The van der Waals surface area contributed by atoms with E-state index in [2.05, 4.69) is 15.3 Å². The van der Waals surface area contributed by atoms with Crippen LogP contribution in [0, 0.1) is 5.82 Å². The number of likely N-dealkylation sites (tertiary alicyclic amines) is 1. The Balaban J connectivity index is 1.80. The molecule has 5 nitrogen and oxygen atoms in total. The van der Waals surface area contributed by atoms with Crippen molar-refractivity contribution in [2.45, 2.75) is 38.6 Å². The monoisotopic (exact) mass is 392 g/mol. The maximum Gasteiger partial charge on any atom is 0.269 e. The van der Waals surface area contributed by atoms with Crippen LogP contribution in [0.3, 0.4) is 0 Å². The summed E-state index contributed by atoms with van der Waals surface area (Å²) in [5, 5.41) is 7.73. The number of halogens is 2. The first-order valence-electron chi connectivity index (χ1n) is 9.38. The van der Waals surface area contributed by atoms with Gasteiger partial charge in [0.1, 0.15) is 11.5 Å². The Kier molecular flexibility index (Phi) is 6.17. The molecule has 0 radical (unpaired) electrons. The molecule has 1 aliphatic rings. The van der Waals surface area contributed by atoms with Crippen LogP contribution in [0.2, 0.25) is 5.02 Å². The average molecular weight is 393 g/mol. The van der Waals surface area contributed by atoms with Crippen molar-refractivity contribution in [3.05, 3.63) is 52.1 Å². The molecular weight excluding hydrogens is 367 g/mol. The summed E-state index contributed by atoms with van der Waals surface area (Å²) >= 11 is 6.30. The minimum absolute atomic E-state index is 0.214. The van der Waals surface area contributed by atoms with Gasteiger partial charge in [0.25, 0.3) is 5.91 Å². The second-order valence-corrected chi connectivity index (χ2v) is 7.74. The zero-order valence-electron chi connectivity index (χ0n) is 16.0. The van der Waals surface area contributed by atoms with Crippen molar-refractivity contribution in [1.29, 1.82) is 0 Å². The summed E-state index contributed by atoms with van der Waals surface area (Å²) in [6, 6.07) is 6.23. The van der Waals surface area contributed by atoms with Crippen molar-refractivity contribution >= 4 is 17.5 Å². The number of carbonyl (C=O) groups excluding carboxylic acids is 1. The Morgan fingerprint density at radius 3 is 2.63 bits per heavy atom. The Morgan fingerprint density at radius 1 is 1.33 bits per heavy atom. The van der Waals surface area contributed by atoms with Crippen molar-refractivity contribution in [2.75, 3.05) is 19.6 Å². The number of hydrogen-bond donors (Lipinski definition) is 1. The fourth-order valence-corrected chi connectivity index (χ4v) is 3.85. The molecule has 7 heteroatoms. The maximum atomic E-state index is 14.5. The number of carbonyl (C=O) groups is 1. The molecule has 1 unspecified atom stereocenters. The summed E-state index contributed by atoms with van der Waals surface area (Å²) in [5.41, 5.74) is 1.82. The summed E-state index contributed by atoms with van der Waals surface area (Å²) < 4.78 is 16.1. The SMILES string of the molecule is CC(C)c1cc(C(=O)NCC(c2c(F)cccc2Cl)N2CCCC2)n(C)n1. The van der Waals surface area contributed by atoms with E-state index in [1.807, 2.05) is 13.8 Å². The molecule has 2 heterocycles. The van der Waals surface area contributed by atoms with Crippen molar-refractivity contribution in [3.63, 3.8) is 0 Å². The van der Waals surface area contributed by atoms with Gasteiger partial charge in [-0.1, -0.05) is 31.5 Å². The molecule has 3 rings (SSSR count). The van der Waals surface area contributed by atoms with E-state index in [0.717, 1.165) is 31.6 Å². The molecule has 0 spiro atoms. The van der Waals surface area contributed by atoms with Gasteiger partial charge in [0.2, 0.25) is 0 Å². The van der Waals surface area contributed by atoms with Gasteiger partial charge in [-0.2, -0.15) is 5.10 Å². The number of aryl methyl sites for hydroxylation is 1. The lowest BCUT2D eigenvalue weighted by Crippen LogP contribution is -2.38. The van der Waals surface area contributed by atoms with Gasteiger partial charge in [-0.05, 0) is 50.0 Å². The van der Waals surface area contributed by atoms with Gasteiger partial charge >= 0.3 is 0 Å². The van der Waals surface area contributed by atoms with Crippen LogP contribution in [0.4, 0.5) is 4.39 Å². The van der Waals surface area contributed by atoms with Crippen LogP contribution in [0.1, 0.15) is 60.4 Å². The van der Waals surface area contributed by atoms with Crippen LogP contribution < -0.4 is 5.32 Å². The molecular formula is C20H26ClFN4O. The van der Waals surface area contributed by atoms with Crippen LogP contribution >= 0.6 is 11.6 Å². The second kappa shape index (κ2) is 8.40. The smallest absolute Gasteiger partial charge is 0.269 e. The van der Waals surface area contributed by atoms with E-state index < -0.39 is 0 Å². The minimum atomic E-state index is -0.337. The van der Waals surface area contributed by atoms with Gasteiger partial charge in [0.05, 0.1) is 11.7 Å². The minimum Gasteiger partial charge on any atom is -0.349 e. The number of amides is 1. The predicted octanol–water partition coefficient (Wildman–Crippen LogP) is 3.90. The largest absolute Gasteiger partial charge is 0.349 e. The highest BCUT2D eigenvalue weighted by atomic mass is 35.5. The quantitative estimate of drug-likeness (QED) is 0.811. The first kappa shape index (κ1) is 19.8. The average Bonchev–Trinajstić information content (AvgIpc) is 3.27. The molecule has 1 atom stereocenters. The zero-order chi connectivity index (χ0) is 19.6. The normalized spacial score (nSPS) is 16.1. The van der Waals surface area contributed by atoms with Gasteiger partial charge in [-0.25, -0.2) is 4.39 Å². The Hall–Kier alpha value is -1.92. The van der Waals surface area contributed by atoms with E-state index in [-0.39, 0.29) is 23.7 Å². The lowest BCUT2D eigenvalue weighted by Gasteiger charge is -2.29. The van der Waals surface area contributed by atoms with Gasteiger partial charge in [-0.3, -0.25) is 14.4 Å². The van der Waals surface area contributed by atoms with Crippen LogP contribution in [0.15, 0.2) is 24.3 Å². The van der Waals surface area contributed by atoms with E-state index >= 15 is 0 Å². The highest BCUT2D eigenvalue weighted by molar-refractivity contribution is 6.31. The highest BCUT2D eigenvalue weighted by Crippen LogP contribution is 2.32. The number of aromatic nitrogens is 2. The van der Waals surface area contributed by atoms with Gasteiger partial charge in [0.15, 0.2) is 0 Å². The molecule has 1 saturated heterocycles. The lowest BCUT2D eigenvalue weighted by molar-refractivity contribution is 0.0927. The highest BCUT2D eigenvalue weighted by Gasteiger charge is 2.28. The molecule has 1 N–H and O–H groups in total. The van der Waals surface area contributed by atoms with Gasteiger partial charge < -0.3 is 5.32 Å². The van der Waals surface area contributed by atoms with E-state index in [1.54, 1.807) is 29.9 Å². The Labute approximate surface area is 164 Å². The van der Waals surface area contributed by atoms with Crippen LogP contribution in [0.5, 0.6) is 0 Å². The van der Waals surface area contributed by atoms with E-state index in [9.17, 15) is 9.18 Å². The van der Waals surface area contributed by atoms with Crippen molar-refractivity contribution in [3.8, 4) is 0 Å². The van der Waals surface area contributed by atoms with Crippen LogP contribution in [-0.2, 0) is 7.05 Å². The Bertz CT molecular complexity index is 794. The van der Waals surface area contributed by atoms with E-state index in [1.165, 1.54) is 6.07 Å². The van der Waals surface area contributed by atoms with Crippen LogP contribution in [0.25, 0.3) is 0 Å². The first-order chi connectivity index (χ1) is 12.9. The molecule has 0 bridgehead atoms. The fourth-order valence-electron chi connectivity index (χ4n) is 3.56. The Morgan fingerprint density at radius 2 is 2.04 bits per heavy atom. The molecule has 1 aromatic heterocycles.